The van der Waals surface area contributed by atoms with E-state index in [1.807, 2.05) is 69.3 Å². The molecule has 0 bridgehead atoms. The zero-order valence-electron chi connectivity index (χ0n) is 39.1. The Balaban J connectivity index is 0.000000179. The van der Waals surface area contributed by atoms with Crippen molar-refractivity contribution in [2.45, 2.75) is 77.0 Å². The number of ether oxygens (including phenoxy) is 1. The van der Waals surface area contributed by atoms with Crippen molar-refractivity contribution in [3.8, 4) is 0 Å². The van der Waals surface area contributed by atoms with Gasteiger partial charge in [-0.25, -0.2) is 14.8 Å². The number of rotatable bonds is 10. The van der Waals surface area contributed by atoms with Gasteiger partial charge < -0.3 is 36.2 Å². The first-order chi connectivity index (χ1) is 34.1. The van der Waals surface area contributed by atoms with Crippen molar-refractivity contribution in [2.24, 2.45) is 0 Å². The van der Waals surface area contributed by atoms with Crippen LogP contribution in [0.25, 0.3) is 23.4 Å². The van der Waals surface area contributed by atoms with Crippen LogP contribution in [0.3, 0.4) is 0 Å². The number of imide groups is 2. The van der Waals surface area contributed by atoms with Crippen LogP contribution in [0.2, 0.25) is 10.0 Å². The molecule has 0 atom stereocenters. The van der Waals surface area contributed by atoms with Gasteiger partial charge in [-0.15, -0.1) is 0 Å². The Hall–Kier alpha value is -7.55. The number of carbonyl (C=O) groups is 5. The fourth-order valence-electron chi connectivity index (χ4n) is 8.46. The highest BCUT2D eigenvalue weighted by Crippen LogP contribution is 2.29. The number of carbonyl (C=O) groups excluding carboxylic acids is 5. The predicted molar refractivity (Wildman–Crippen MR) is 271 cm³/mol. The van der Waals surface area contributed by atoms with Gasteiger partial charge in [0.1, 0.15) is 28.9 Å². The van der Waals surface area contributed by atoms with Crippen molar-refractivity contribution in [3.05, 3.63) is 105 Å². The lowest BCUT2D eigenvalue weighted by molar-refractivity contribution is -0.125. The highest BCUT2D eigenvalue weighted by Gasteiger charge is 2.29. The number of piperidine rings is 2. The maximum atomic E-state index is 12.5. The smallest absolute Gasteiger partial charge is 0.410 e. The first-order valence-electron chi connectivity index (χ1n) is 23.2. The van der Waals surface area contributed by atoms with Crippen molar-refractivity contribution < 1.29 is 28.7 Å². The number of likely N-dealkylation sites (tertiary alicyclic amines) is 1. The van der Waals surface area contributed by atoms with Gasteiger partial charge in [0.05, 0.1) is 25.2 Å². The fraction of sp³-hybridized carbons (Fsp3) is 0.327. The van der Waals surface area contributed by atoms with Crippen molar-refractivity contribution in [1.29, 1.82) is 0 Å². The van der Waals surface area contributed by atoms with Crippen LogP contribution in [0.1, 0.15) is 70.4 Å². The molecule has 0 unspecified atom stereocenters. The monoisotopic (exact) mass is 1000 g/mol. The molecule has 4 fully saturated rings. The van der Waals surface area contributed by atoms with Crippen LogP contribution in [0.15, 0.2) is 84.2 Å². The molecule has 6 aromatic rings. The van der Waals surface area contributed by atoms with Gasteiger partial charge in [-0.1, -0.05) is 35.3 Å². The molecular formula is C49H52Cl2N14O6. The largest absolute Gasteiger partial charge is 0.444 e. The van der Waals surface area contributed by atoms with E-state index in [0.29, 0.717) is 80.2 Å². The quantitative estimate of drug-likeness (QED) is 0.0535. The number of hydrogen-bond acceptors (Lipinski definition) is 15. The highest BCUT2D eigenvalue weighted by molar-refractivity contribution is 6.31. The summed E-state index contributed by atoms with van der Waals surface area (Å²) in [6.07, 6.45) is 9.79. The molecule has 71 heavy (non-hydrogen) atoms. The van der Waals surface area contributed by atoms with Crippen LogP contribution in [0, 0.1) is 0 Å². The molecule has 22 heteroatoms. The molecule has 4 aliphatic rings. The van der Waals surface area contributed by atoms with Gasteiger partial charge in [-0.05, 0) is 108 Å². The minimum absolute atomic E-state index is 0.0119. The predicted octanol–water partition coefficient (Wildman–Crippen LogP) is 7.09. The van der Waals surface area contributed by atoms with Crippen molar-refractivity contribution >= 4 is 111 Å². The minimum atomic E-state index is -0.541. The fourth-order valence-corrected chi connectivity index (χ4v) is 8.84. The molecule has 7 N–H and O–H groups in total. The van der Waals surface area contributed by atoms with Gasteiger partial charge in [0, 0.05) is 81.0 Å². The van der Waals surface area contributed by atoms with E-state index in [9.17, 15) is 24.0 Å². The lowest BCUT2D eigenvalue weighted by Crippen LogP contribution is -2.44. The zero-order valence-corrected chi connectivity index (χ0v) is 40.7. The molecule has 4 aliphatic heterocycles. The summed E-state index contributed by atoms with van der Waals surface area (Å²) < 4.78 is 8.91. The second kappa shape index (κ2) is 20.8. The second-order valence-corrected chi connectivity index (χ2v) is 19.4. The summed E-state index contributed by atoms with van der Waals surface area (Å²) in [7, 11) is 0. The van der Waals surface area contributed by atoms with Crippen LogP contribution in [0.4, 0.5) is 39.4 Å². The maximum Gasteiger partial charge on any atom is 0.410 e. The van der Waals surface area contributed by atoms with Gasteiger partial charge >= 0.3 is 6.09 Å². The van der Waals surface area contributed by atoms with Crippen molar-refractivity contribution in [1.82, 2.24) is 50.0 Å². The van der Waals surface area contributed by atoms with E-state index in [2.05, 4.69) is 47.4 Å². The number of hydrogen-bond donors (Lipinski definition) is 7. The average Bonchev–Trinajstić information content (AvgIpc) is 4.09. The van der Waals surface area contributed by atoms with Crippen molar-refractivity contribution in [2.75, 3.05) is 47.4 Å². The molecule has 5 amide bonds. The first-order valence-corrected chi connectivity index (χ1v) is 24.0. The molecule has 2 aromatic carbocycles. The van der Waals surface area contributed by atoms with Gasteiger partial charge in [0.2, 0.25) is 11.8 Å². The molecule has 0 aliphatic carbocycles. The summed E-state index contributed by atoms with van der Waals surface area (Å²) >= 11 is 12.3. The lowest BCUT2D eigenvalue weighted by atomic mass is 10.1. The average molecular weight is 1000 g/mol. The zero-order chi connectivity index (χ0) is 49.8. The third-order valence-corrected chi connectivity index (χ3v) is 12.3. The molecule has 0 spiro atoms. The number of fused-ring (bicyclic) bond motifs is 2. The number of aromatic nitrogens is 6. The molecule has 8 heterocycles. The van der Waals surface area contributed by atoms with E-state index in [4.69, 9.17) is 37.9 Å². The Morgan fingerprint density at radius 1 is 0.690 bits per heavy atom. The third-order valence-electron chi connectivity index (χ3n) is 11.8. The lowest BCUT2D eigenvalue weighted by Gasteiger charge is -2.34. The standard InChI is InChI=1S/C27H30ClN7O4.C22H22ClN7O2/c1-27(2,3)39-26(38)34-9-7-19(8-10-34)31-22-14-21(30-20-6-4-5-18(28)13-20)32-24-17(15-29-35(22)24)11-16-12-23(36)33-25(16)37;23-15-2-1-3-17(10-15)26-18-11-19(27-16-4-6-24-7-5-16)30-21(28-18)14(12-25-30)8-13-9-20(31)29-22(13)32/h4-6,11,13-15,19,31H,7-10,12H2,1-3H3,(H,30,32)(H,33,36,37);1-3,8,10-12,16,24,27H,4-7,9H2,(H,26,28)(H,29,31,32)/b16-11+;13-8+. The number of nitrogens with zero attached hydrogens (tertiary/aromatic N) is 7. The third kappa shape index (κ3) is 12.1. The Morgan fingerprint density at radius 3 is 1.58 bits per heavy atom. The Morgan fingerprint density at radius 2 is 1.15 bits per heavy atom. The Bertz CT molecular complexity index is 3110. The Kier molecular flexibility index (Phi) is 14.2. The summed E-state index contributed by atoms with van der Waals surface area (Å²) in [5.41, 5.74) is 4.13. The van der Waals surface area contributed by atoms with Gasteiger partial charge in [0.25, 0.3) is 11.8 Å². The normalized spacial score (nSPS) is 17.9. The number of benzene rings is 2. The molecular weight excluding hydrogens is 952 g/mol. The Labute approximate surface area is 418 Å². The van der Waals surface area contributed by atoms with Crippen molar-refractivity contribution in [3.63, 3.8) is 0 Å². The van der Waals surface area contributed by atoms with E-state index in [0.717, 1.165) is 56.0 Å². The molecule has 0 radical (unpaired) electrons. The van der Waals surface area contributed by atoms with Crippen LogP contribution in [0.5, 0.6) is 0 Å². The molecule has 0 saturated carbocycles. The summed E-state index contributed by atoms with van der Waals surface area (Å²) in [5.74, 6) is 1.22. The number of nitrogens with one attached hydrogen (secondary N) is 7. The molecule has 4 saturated heterocycles. The summed E-state index contributed by atoms with van der Waals surface area (Å²) in [6.45, 7) is 8.61. The van der Waals surface area contributed by atoms with Crippen LogP contribution in [-0.4, -0.2) is 108 Å². The highest BCUT2D eigenvalue weighted by atomic mass is 35.5. The van der Waals surface area contributed by atoms with E-state index in [1.54, 1.807) is 50.6 Å². The topological polar surface area (TPSA) is 242 Å². The van der Waals surface area contributed by atoms with E-state index in [-0.39, 0.29) is 42.7 Å². The van der Waals surface area contributed by atoms with Crippen LogP contribution in [-0.2, 0) is 23.9 Å². The number of amides is 5. The van der Waals surface area contributed by atoms with E-state index >= 15 is 0 Å². The molecule has 20 nitrogen and oxygen atoms in total. The maximum absolute atomic E-state index is 12.5. The summed E-state index contributed by atoms with van der Waals surface area (Å²) in [4.78, 5) is 71.1. The minimum Gasteiger partial charge on any atom is -0.444 e. The summed E-state index contributed by atoms with van der Waals surface area (Å²) in [6, 6.07) is 18.8. The molecule has 4 aromatic heterocycles. The number of halogens is 2. The van der Waals surface area contributed by atoms with Crippen LogP contribution >= 0.6 is 23.2 Å². The van der Waals surface area contributed by atoms with Gasteiger partial charge in [-0.3, -0.25) is 29.8 Å². The first kappa shape index (κ1) is 48.5. The van der Waals surface area contributed by atoms with Crippen LogP contribution < -0.4 is 37.2 Å². The number of anilines is 6. The second-order valence-electron chi connectivity index (χ2n) is 18.5. The summed E-state index contributed by atoms with van der Waals surface area (Å²) in [5, 5.41) is 31.9. The van der Waals surface area contributed by atoms with E-state index in [1.165, 1.54) is 0 Å². The van der Waals surface area contributed by atoms with E-state index < -0.39 is 11.5 Å². The molecule has 10 rings (SSSR count). The molecule has 368 valence electrons. The SMILES string of the molecule is CC(C)(C)OC(=O)N1CCC(Nc2cc(Nc3cccc(Cl)c3)nc3c(/C=C4\CC(=O)NC4=O)cnn23)CC1.O=C1C/C(=C\c2cnn3c(NC4CCNCC4)cc(Nc4cccc(Cl)c4)nc23)C(=O)N1. The van der Waals surface area contributed by atoms with Gasteiger partial charge in [-0.2, -0.15) is 19.2 Å². The van der Waals surface area contributed by atoms with Gasteiger partial charge in [0.15, 0.2) is 11.3 Å².